The van der Waals surface area contributed by atoms with Crippen LogP contribution >= 0.6 is 11.8 Å². The molecule has 0 aliphatic heterocycles. The Balaban J connectivity index is 1.47. The minimum Gasteiger partial charge on any atom is -0.496 e. The molecule has 3 aromatic rings. The van der Waals surface area contributed by atoms with Crippen molar-refractivity contribution in [2.24, 2.45) is 0 Å². The zero-order chi connectivity index (χ0) is 20.6. The number of para-hydroxylation sites is 1. The Bertz CT molecular complexity index is 949. The predicted molar refractivity (Wildman–Crippen MR) is 105 cm³/mol. The molecule has 152 valence electrons. The summed E-state index contributed by atoms with van der Waals surface area (Å²) in [6, 6.07) is 13.1. The molecule has 1 aromatic heterocycles. The number of carbonyl (C=O) groups is 1. The van der Waals surface area contributed by atoms with Crippen molar-refractivity contribution in [1.82, 2.24) is 15.5 Å². The summed E-state index contributed by atoms with van der Waals surface area (Å²) in [6.45, 7) is 2.10. The Hall–Kier alpha value is -3.07. The van der Waals surface area contributed by atoms with Gasteiger partial charge in [-0.25, -0.2) is 4.39 Å². The van der Waals surface area contributed by atoms with Crippen molar-refractivity contribution in [1.29, 1.82) is 0 Å². The van der Waals surface area contributed by atoms with Crippen molar-refractivity contribution in [2.75, 3.05) is 12.9 Å². The third-order valence-electron chi connectivity index (χ3n) is 3.89. The van der Waals surface area contributed by atoms with Gasteiger partial charge in [-0.2, -0.15) is 0 Å². The topological polar surface area (TPSA) is 86.5 Å². The lowest BCUT2D eigenvalue weighted by molar-refractivity contribution is -0.118. The number of rotatable bonds is 9. The smallest absolute Gasteiger partial charge is 0.277 e. The molecule has 0 bridgehead atoms. The maximum Gasteiger partial charge on any atom is 0.277 e. The second kappa shape index (κ2) is 9.92. The first-order chi connectivity index (χ1) is 14.0. The van der Waals surface area contributed by atoms with Gasteiger partial charge in [-0.3, -0.25) is 4.79 Å². The van der Waals surface area contributed by atoms with Crippen LogP contribution in [0.3, 0.4) is 0 Å². The largest absolute Gasteiger partial charge is 0.496 e. The van der Waals surface area contributed by atoms with Crippen LogP contribution in [0.15, 0.2) is 58.2 Å². The highest BCUT2D eigenvalue weighted by Crippen LogP contribution is 2.24. The molecule has 1 amide bonds. The van der Waals surface area contributed by atoms with Gasteiger partial charge in [0.15, 0.2) is 6.10 Å². The van der Waals surface area contributed by atoms with Crippen LogP contribution in [0, 0.1) is 5.82 Å². The van der Waals surface area contributed by atoms with Crippen molar-refractivity contribution in [3.63, 3.8) is 0 Å². The summed E-state index contributed by atoms with van der Waals surface area (Å²) in [4.78, 5) is 12.1. The maximum absolute atomic E-state index is 13.0. The van der Waals surface area contributed by atoms with Gasteiger partial charge >= 0.3 is 0 Å². The van der Waals surface area contributed by atoms with E-state index in [0.717, 1.165) is 23.1 Å². The molecule has 9 heteroatoms. The van der Waals surface area contributed by atoms with Crippen molar-refractivity contribution >= 4 is 17.7 Å². The Labute approximate surface area is 171 Å². The lowest BCUT2D eigenvalue weighted by Gasteiger charge is -2.10. The van der Waals surface area contributed by atoms with E-state index < -0.39 is 6.10 Å². The maximum atomic E-state index is 13.0. The molecule has 0 radical (unpaired) electrons. The first-order valence-corrected chi connectivity index (χ1v) is 9.80. The van der Waals surface area contributed by atoms with E-state index in [9.17, 15) is 9.18 Å². The highest BCUT2D eigenvalue weighted by molar-refractivity contribution is 7.99. The standard InChI is InChI=1S/C20H20FN3O4S/c1-13(27-16-9-7-15(21)8-10-16)19-23-24-20(28-19)29-12-18(25)22-11-14-5-3-4-6-17(14)26-2/h3-10,13H,11-12H2,1-2H3,(H,22,25). The molecule has 1 heterocycles. The van der Waals surface area contributed by atoms with Crippen molar-refractivity contribution < 1.29 is 23.1 Å². The van der Waals surface area contributed by atoms with Gasteiger partial charge in [0.2, 0.25) is 5.91 Å². The number of halogens is 1. The van der Waals surface area contributed by atoms with E-state index in [0.29, 0.717) is 12.3 Å². The molecule has 0 aliphatic carbocycles. The van der Waals surface area contributed by atoms with Gasteiger partial charge in [0.1, 0.15) is 17.3 Å². The van der Waals surface area contributed by atoms with Crippen LogP contribution in [0.4, 0.5) is 4.39 Å². The van der Waals surface area contributed by atoms with Crippen LogP contribution < -0.4 is 14.8 Å². The number of methoxy groups -OCH3 is 1. The Morgan fingerprint density at radius 3 is 2.72 bits per heavy atom. The van der Waals surface area contributed by atoms with E-state index in [2.05, 4.69) is 15.5 Å². The zero-order valence-electron chi connectivity index (χ0n) is 15.9. The van der Waals surface area contributed by atoms with Gasteiger partial charge in [0, 0.05) is 12.1 Å². The molecule has 0 fully saturated rings. The van der Waals surface area contributed by atoms with Crippen LogP contribution in [0.25, 0.3) is 0 Å². The van der Waals surface area contributed by atoms with Crippen LogP contribution in [-0.4, -0.2) is 29.0 Å². The number of benzene rings is 2. The Kier molecular flexibility index (Phi) is 7.07. The van der Waals surface area contributed by atoms with Gasteiger partial charge in [-0.1, -0.05) is 30.0 Å². The predicted octanol–water partition coefficient (Wildman–Crippen LogP) is 3.77. The third-order valence-corrected chi connectivity index (χ3v) is 4.71. The summed E-state index contributed by atoms with van der Waals surface area (Å²) in [5.41, 5.74) is 0.889. The van der Waals surface area contributed by atoms with E-state index >= 15 is 0 Å². The number of nitrogens with one attached hydrogen (secondary N) is 1. The highest BCUT2D eigenvalue weighted by atomic mass is 32.2. The number of aromatic nitrogens is 2. The minimum atomic E-state index is -0.512. The zero-order valence-corrected chi connectivity index (χ0v) is 16.7. The second-order valence-corrected chi connectivity index (χ2v) is 6.92. The highest BCUT2D eigenvalue weighted by Gasteiger charge is 2.17. The van der Waals surface area contributed by atoms with E-state index in [1.807, 2.05) is 24.3 Å². The first-order valence-electron chi connectivity index (χ1n) is 8.82. The van der Waals surface area contributed by atoms with Crippen molar-refractivity contribution in [3.05, 3.63) is 65.8 Å². The van der Waals surface area contributed by atoms with Gasteiger partial charge in [-0.05, 0) is 37.3 Å². The second-order valence-electron chi connectivity index (χ2n) is 6.00. The summed E-state index contributed by atoms with van der Waals surface area (Å²) in [6.07, 6.45) is -0.512. The van der Waals surface area contributed by atoms with E-state index in [-0.39, 0.29) is 28.6 Å². The van der Waals surface area contributed by atoms with Gasteiger partial charge in [0.25, 0.3) is 11.1 Å². The van der Waals surface area contributed by atoms with E-state index in [1.165, 1.54) is 24.3 Å². The number of hydrogen-bond acceptors (Lipinski definition) is 7. The number of thioether (sulfide) groups is 1. The first kappa shape index (κ1) is 20.7. The molecule has 0 saturated carbocycles. The quantitative estimate of drug-likeness (QED) is 0.531. The molecule has 29 heavy (non-hydrogen) atoms. The normalized spacial score (nSPS) is 11.7. The lowest BCUT2D eigenvalue weighted by atomic mass is 10.2. The van der Waals surface area contributed by atoms with Crippen molar-refractivity contribution in [2.45, 2.75) is 24.8 Å². The molecule has 1 N–H and O–H groups in total. The molecule has 1 atom stereocenters. The summed E-state index contributed by atoms with van der Waals surface area (Å²) >= 11 is 1.13. The fraction of sp³-hybridized carbons (Fsp3) is 0.250. The molecular formula is C20H20FN3O4S. The monoisotopic (exact) mass is 417 g/mol. The number of hydrogen-bond donors (Lipinski definition) is 1. The summed E-state index contributed by atoms with van der Waals surface area (Å²) < 4.78 is 29.4. The average Bonchev–Trinajstić information content (AvgIpc) is 3.22. The number of amides is 1. The summed E-state index contributed by atoms with van der Waals surface area (Å²) in [5.74, 6) is 1.09. The van der Waals surface area contributed by atoms with Gasteiger partial charge in [-0.15, -0.1) is 10.2 Å². The molecule has 0 saturated heterocycles. The SMILES string of the molecule is COc1ccccc1CNC(=O)CSc1nnc(C(C)Oc2ccc(F)cc2)o1. The molecule has 7 nitrogen and oxygen atoms in total. The Morgan fingerprint density at radius 1 is 1.21 bits per heavy atom. The van der Waals surface area contributed by atoms with Crippen LogP contribution in [0.5, 0.6) is 11.5 Å². The Morgan fingerprint density at radius 2 is 1.97 bits per heavy atom. The van der Waals surface area contributed by atoms with Crippen LogP contribution in [0.1, 0.15) is 24.5 Å². The lowest BCUT2D eigenvalue weighted by Crippen LogP contribution is -2.24. The number of carbonyl (C=O) groups excluding carboxylic acids is 1. The average molecular weight is 417 g/mol. The molecule has 0 aliphatic rings. The van der Waals surface area contributed by atoms with Crippen molar-refractivity contribution in [3.8, 4) is 11.5 Å². The number of ether oxygens (including phenoxy) is 2. The minimum absolute atomic E-state index is 0.129. The fourth-order valence-electron chi connectivity index (χ4n) is 2.43. The summed E-state index contributed by atoms with van der Waals surface area (Å²) in [7, 11) is 1.59. The van der Waals surface area contributed by atoms with Gasteiger partial charge < -0.3 is 19.2 Å². The molecule has 3 rings (SSSR count). The summed E-state index contributed by atoms with van der Waals surface area (Å²) in [5, 5.41) is 10.9. The van der Waals surface area contributed by atoms with Crippen LogP contribution in [0.2, 0.25) is 0 Å². The molecular weight excluding hydrogens is 397 g/mol. The molecule has 1 unspecified atom stereocenters. The van der Waals surface area contributed by atoms with Crippen LogP contribution in [-0.2, 0) is 11.3 Å². The van der Waals surface area contributed by atoms with E-state index in [1.54, 1.807) is 14.0 Å². The molecule has 2 aromatic carbocycles. The van der Waals surface area contributed by atoms with E-state index in [4.69, 9.17) is 13.9 Å². The fourth-order valence-corrected chi connectivity index (χ4v) is 3.03. The molecule has 0 spiro atoms. The number of nitrogens with zero attached hydrogens (tertiary/aromatic N) is 2. The third kappa shape index (κ3) is 5.95. The van der Waals surface area contributed by atoms with Gasteiger partial charge in [0.05, 0.1) is 12.9 Å².